The third-order valence-electron chi connectivity index (χ3n) is 3.05. The van der Waals surface area contributed by atoms with Crippen molar-refractivity contribution >= 4 is 11.6 Å². The van der Waals surface area contributed by atoms with Gasteiger partial charge in [0.05, 0.1) is 6.26 Å². The molecule has 1 amide bonds. The Labute approximate surface area is 109 Å². The summed E-state index contributed by atoms with van der Waals surface area (Å²) in [5.41, 5.74) is 4.46. The van der Waals surface area contributed by atoms with Crippen molar-refractivity contribution < 1.29 is 9.21 Å². The molecule has 2 heterocycles. The maximum absolute atomic E-state index is 11.8. The number of amides is 1. The highest BCUT2D eigenvalue weighted by molar-refractivity contribution is 5.98. The minimum absolute atomic E-state index is 0.325. The van der Waals surface area contributed by atoms with Crippen molar-refractivity contribution in [2.24, 2.45) is 5.10 Å². The number of carbonyl (C=O) groups is 1. The number of aromatic nitrogens is 2. The molecule has 0 aliphatic heterocycles. The van der Waals surface area contributed by atoms with Gasteiger partial charge < -0.3 is 4.42 Å². The maximum atomic E-state index is 11.8. The summed E-state index contributed by atoms with van der Waals surface area (Å²) in [6.07, 6.45) is 3.89. The molecule has 1 aliphatic rings. The zero-order chi connectivity index (χ0) is 13.2. The van der Waals surface area contributed by atoms with Crippen LogP contribution in [0.2, 0.25) is 0 Å². The fourth-order valence-corrected chi connectivity index (χ4v) is 1.79. The molecule has 0 saturated heterocycles. The van der Waals surface area contributed by atoms with Gasteiger partial charge in [-0.1, -0.05) is 0 Å². The zero-order valence-corrected chi connectivity index (χ0v) is 10.5. The molecule has 3 rings (SSSR count). The Balaban J connectivity index is 1.65. The molecule has 0 atom stereocenters. The average Bonchev–Trinajstić information content (AvgIpc) is 2.96. The van der Waals surface area contributed by atoms with Crippen molar-refractivity contribution in [3.63, 3.8) is 0 Å². The molecule has 6 nitrogen and oxygen atoms in total. The first-order valence-electron chi connectivity index (χ1n) is 6.18. The highest BCUT2D eigenvalue weighted by atomic mass is 16.3. The van der Waals surface area contributed by atoms with Gasteiger partial charge in [0.15, 0.2) is 5.69 Å². The van der Waals surface area contributed by atoms with Gasteiger partial charge in [0.2, 0.25) is 0 Å². The number of furan rings is 1. The van der Waals surface area contributed by atoms with Gasteiger partial charge in [0.25, 0.3) is 5.91 Å². The van der Waals surface area contributed by atoms with Gasteiger partial charge in [-0.15, -0.1) is 0 Å². The Morgan fingerprint density at radius 2 is 2.42 bits per heavy atom. The molecule has 1 aliphatic carbocycles. The molecule has 6 heteroatoms. The lowest BCUT2D eigenvalue weighted by atomic mass is 10.2. The van der Waals surface area contributed by atoms with Gasteiger partial charge in [-0.25, -0.2) is 5.43 Å². The summed E-state index contributed by atoms with van der Waals surface area (Å²) in [4.78, 5) is 11.8. The van der Waals surface area contributed by atoms with Gasteiger partial charge in [-0.3, -0.25) is 9.89 Å². The number of nitrogens with zero attached hydrogens (tertiary/aromatic N) is 2. The molecule has 2 aromatic rings. The third kappa shape index (κ3) is 2.57. The Kier molecular flexibility index (Phi) is 2.91. The summed E-state index contributed by atoms with van der Waals surface area (Å²) in [5.74, 6) is 0.845. The molecule has 0 aromatic carbocycles. The van der Waals surface area contributed by atoms with E-state index in [0.29, 0.717) is 23.1 Å². The van der Waals surface area contributed by atoms with Crippen LogP contribution in [0.3, 0.4) is 0 Å². The quantitative estimate of drug-likeness (QED) is 0.650. The number of carbonyl (C=O) groups excluding carboxylic acids is 1. The van der Waals surface area contributed by atoms with Crippen LogP contribution in [-0.2, 0) is 0 Å². The van der Waals surface area contributed by atoms with E-state index in [1.807, 2.05) is 0 Å². The van der Waals surface area contributed by atoms with E-state index in [0.717, 1.165) is 5.69 Å². The lowest BCUT2D eigenvalue weighted by Gasteiger charge is -1.97. The normalized spacial score (nSPS) is 15.5. The predicted molar refractivity (Wildman–Crippen MR) is 68.9 cm³/mol. The number of hydrogen-bond acceptors (Lipinski definition) is 4. The van der Waals surface area contributed by atoms with E-state index < -0.39 is 0 Å². The molecule has 2 N–H and O–H groups in total. The van der Waals surface area contributed by atoms with Gasteiger partial charge in [-0.2, -0.15) is 10.2 Å². The van der Waals surface area contributed by atoms with Crippen LogP contribution in [-0.4, -0.2) is 21.8 Å². The second kappa shape index (κ2) is 4.72. The van der Waals surface area contributed by atoms with Crippen molar-refractivity contribution in [2.45, 2.75) is 25.7 Å². The molecule has 0 unspecified atom stereocenters. The van der Waals surface area contributed by atoms with E-state index in [-0.39, 0.29) is 5.91 Å². The first-order valence-corrected chi connectivity index (χ1v) is 6.18. The molecule has 1 saturated carbocycles. The minimum atomic E-state index is -0.325. The SMILES string of the molecule is CC(=NNC(=O)c1cc(C2CC2)[nH]n1)c1ccco1. The van der Waals surface area contributed by atoms with E-state index >= 15 is 0 Å². The summed E-state index contributed by atoms with van der Waals surface area (Å²) >= 11 is 0. The van der Waals surface area contributed by atoms with Crippen LogP contribution in [0, 0.1) is 0 Å². The molecule has 1 fully saturated rings. The number of hydrazone groups is 1. The fourth-order valence-electron chi connectivity index (χ4n) is 1.79. The largest absolute Gasteiger partial charge is 0.463 e. The first kappa shape index (κ1) is 11.7. The van der Waals surface area contributed by atoms with Crippen molar-refractivity contribution in [1.82, 2.24) is 15.6 Å². The van der Waals surface area contributed by atoms with Crippen LogP contribution in [0.15, 0.2) is 34.0 Å². The molecule has 0 radical (unpaired) electrons. The van der Waals surface area contributed by atoms with Crippen LogP contribution in [0.1, 0.15) is 47.6 Å². The Bertz CT molecular complexity index is 608. The molecule has 0 spiro atoms. The summed E-state index contributed by atoms with van der Waals surface area (Å²) < 4.78 is 5.17. The van der Waals surface area contributed by atoms with E-state index in [2.05, 4.69) is 20.7 Å². The molecule has 2 aromatic heterocycles. The fraction of sp³-hybridized carbons (Fsp3) is 0.308. The average molecular weight is 258 g/mol. The molecular formula is C13H14N4O2. The van der Waals surface area contributed by atoms with Crippen LogP contribution in [0.5, 0.6) is 0 Å². The van der Waals surface area contributed by atoms with Crippen molar-refractivity contribution in [1.29, 1.82) is 0 Å². The monoisotopic (exact) mass is 258 g/mol. The van der Waals surface area contributed by atoms with Crippen molar-refractivity contribution in [3.05, 3.63) is 41.6 Å². The number of nitrogens with one attached hydrogen (secondary N) is 2. The summed E-state index contributed by atoms with van der Waals surface area (Å²) in [7, 11) is 0. The van der Waals surface area contributed by atoms with E-state index in [9.17, 15) is 4.79 Å². The van der Waals surface area contributed by atoms with Crippen LogP contribution in [0.25, 0.3) is 0 Å². The van der Waals surface area contributed by atoms with Crippen LogP contribution < -0.4 is 5.43 Å². The molecule has 19 heavy (non-hydrogen) atoms. The van der Waals surface area contributed by atoms with Crippen LogP contribution >= 0.6 is 0 Å². The van der Waals surface area contributed by atoms with E-state index in [1.165, 1.54) is 12.8 Å². The Morgan fingerprint density at radius 3 is 3.11 bits per heavy atom. The number of hydrogen-bond donors (Lipinski definition) is 2. The van der Waals surface area contributed by atoms with Gasteiger partial charge in [-0.05, 0) is 38.0 Å². The first-order chi connectivity index (χ1) is 9.24. The molecule has 0 bridgehead atoms. The van der Waals surface area contributed by atoms with Gasteiger partial charge in [0.1, 0.15) is 11.5 Å². The summed E-state index contributed by atoms with van der Waals surface area (Å²) in [6, 6.07) is 5.33. The van der Waals surface area contributed by atoms with Gasteiger partial charge >= 0.3 is 0 Å². The summed E-state index contributed by atoms with van der Waals surface area (Å²) in [5, 5.41) is 10.9. The number of rotatable bonds is 4. The highest BCUT2D eigenvalue weighted by Gasteiger charge is 2.26. The number of aromatic amines is 1. The van der Waals surface area contributed by atoms with Crippen LogP contribution in [0.4, 0.5) is 0 Å². The smallest absolute Gasteiger partial charge is 0.291 e. The maximum Gasteiger partial charge on any atom is 0.291 e. The summed E-state index contributed by atoms with van der Waals surface area (Å²) in [6.45, 7) is 1.76. The number of H-pyrrole nitrogens is 1. The van der Waals surface area contributed by atoms with E-state index in [1.54, 1.807) is 31.4 Å². The van der Waals surface area contributed by atoms with Gasteiger partial charge in [0, 0.05) is 11.6 Å². The van der Waals surface area contributed by atoms with E-state index in [4.69, 9.17) is 4.42 Å². The predicted octanol–water partition coefficient (Wildman–Crippen LogP) is 2.03. The zero-order valence-electron chi connectivity index (χ0n) is 10.5. The topological polar surface area (TPSA) is 83.3 Å². The molecule has 98 valence electrons. The lowest BCUT2D eigenvalue weighted by Crippen LogP contribution is -2.19. The highest BCUT2D eigenvalue weighted by Crippen LogP contribution is 2.38. The Morgan fingerprint density at radius 1 is 1.58 bits per heavy atom. The Hall–Kier alpha value is -2.37. The third-order valence-corrected chi connectivity index (χ3v) is 3.05. The second-order valence-electron chi connectivity index (χ2n) is 4.60. The van der Waals surface area contributed by atoms with Crippen molar-refractivity contribution in [3.8, 4) is 0 Å². The lowest BCUT2D eigenvalue weighted by molar-refractivity contribution is 0.0950. The minimum Gasteiger partial charge on any atom is -0.463 e. The standard InChI is InChI=1S/C13H14N4O2/c1-8(12-3-2-6-19-12)14-17-13(18)11-7-10(15-16-11)9-4-5-9/h2-3,6-7,9H,4-5H2,1H3,(H,15,16)(H,17,18). The van der Waals surface area contributed by atoms with Crippen molar-refractivity contribution in [2.75, 3.05) is 0 Å². The molecular weight excluding hydrogens is 244 g/mol. The second-order valence-corrected chi connectivity index (χ2v) is 4.60.